The Morgan fingerprint density at radius 2 is 2.39 bits per heavy atom. The number of nitriles is 1. The number of hydrogen-bond acceptors (Lipinski definition) is 8. The molecular formula is C18H17N7O3. The zero-order valence-electron chi connectivity index (χ0n) is 14.8. The zero-order chi connectivity index (χ0) is 19.5. The summed E-state index contributed by atoms with van der Waals surface area (Å²) < 4.78 is 12.6. The van der Waals surface area contributed by atoms with Gasteiger partial charge in [-0.15, -0.1) is 5.10 Å². The van der Waals surface area contributed by atoms with Crippen molar-refractivity contribution in [1.82, 2.24) is 19.6 Å². The minimum atomic E-state index is -0.478. The largest absolute Gasteiger partial charge is 0.486 e. The second-order valence-electron chi connectivity index (χ2n) is 6.25. The van der Waals surface area contributed by atoms with Gasteiger partial charge in [0.25, 0.3) is 5.91 Å². The highest BCUT2D eigenvalue weighted by molar-refractivity contribution is 6.11. The van der Waals surface area contributed by atoms with Crippen LogP contribution in [-0.4, -0.2) is 44.8 Å². The lowest BCUT2D eigenvalue weighted by atomic mass is 10.2. The lowest BCUT2D eigenvalue weighted by Gasteiger charge is -2.15. The smallest absolute Gasteiger partial charge is 0.263 e. The highest BCUT2D eigenvalue weighted by atomic mass is 16.5. The highest BCUT2D eigenvalue weighted by Gasteiger charge is 2.23. The van der Waals surface area contributed by atoms with Gasteiger partial charge in [-0.2, -0.15) is 5.26 Å². The molecule has 10 heteroatoms. The molecule has 0 aromatic carbocycles. The summed E-state index contributed by atoms with van der Waals surface area (Å²) in [6.45, 7) is 1.15. The SMILES string of the molecule is N#CCc1cnc2c(C(=O)Nc3cnccc3O[C@H]3CCOC3)c(N)nn2c1. The van der Waals surface area contributed by atoms with E-state index in [0.717, 1.165) is 6.42 Å². The summed E-state index contributed by atoms with van der Waals surface area (Å²) in [5.74, 6) is 0.0568. The first-order valence-electron chi connectivity index (χ1n) is 8.65. The molecule has 1 amide bonds. The number of carbonyl (C=O) groups excluding carboxylic acids is 1. The summed E-state index contributed by atoms with van der Waals surface area (Å²) in [5, 5.41) is 15.7. The van der Waals surface area contributed by atoms with Gasteiger partial charge in [0.15, 0.2) is 11.5 Å². The number of anilines is 2. The fraction of sp³-hybridized carbons (Fsp3) is 0.278. The number of nitrogens with zero attached hydrogens (tertiary/aromatic N) is 5. The lowest BCUT2D eigenvalue weighted by molar-refractivity contribution is 0.102. The Kier molecular flexibility index (Phi) is 4.74. The van der Waals surface area contributed by atoms with Crippen LogP contribution in [0.3, 0.4) is 0 Å². The van der Waals surface area contributed by atoms with Gasteiger partial charge in [-0.1, -0.05) is 0 Å². The molecule has 10 nitrogen and oxygen atoms in total. The topological polar surface area (TPSA) is 140 Å². The van der Waals surface area contributed by atoms with E-state index in [2.05, 4.69) is 20.4 Å². The maximum atomic E-state index is 12.9. The van der Waals surface area contributed by atoms with Crippen molar-refractivity contribution in [2.45, 2.75) is 18.9 Å². The molecule has 3 aromatic heterocycles. The van der Waals surface area contributed by atoms with Gasteiger partial charge < -0.3 is 20.5 Å². The molecule has 28 heavy (non-hydrogen) atoms. The Balaban J connectivity index is 1.61. The van der Waals surface area contributed by atoms with E-state index in [1.807, 2.05) is 6.07 Å². The minimum absolute atomic E-state index is 0.0367. The first-order valence-corrected chi connectivity index (χ1v) is 8.65. The van der Waals surface area contributed by atoms with Crippen LogP contribution >= 0.6 is 0 Å². The van der Waals surface area contributed by atoms with Crippen LogP contribution < -0.4 is 15.8 Å². The number of fused-ring (bicyclic) bond motifs is 1. The average Bonchev–Trinajstić information content (AvgIpc) is 3.30. The number of carbonyl (C=O) groups is 1. The molecule has 0 spiro atoms. The average molecular weight is 379 g/mol. The van der Waals surface area contributed by atoms with E-state index >= 15 is 0 Å². The van der Waals surface area contributed by atoms with Crippen LogP contribution in [-0.2, 0) is 11.2 Å². The molecule has 1 aliphatic rings. The standard InChI is InChI=1S/C18H17N7O3/c19-4-1-11-7-22-17-15(16(20)24-25(17)9-11)18(26)23-13-8-21-5-2-14(13)28-12-3-6-27-10-12/h2,5,7-9,12H,1,3,6,10H2,(H2,20,24)(H,23,26)/t12-/m0/s1. The highest BCUT2D eigenvalue weighted by Crippen LogP contribution is 2.27. The number of rotatable bonds is 5. The molecule has 4 rings (SSSR count). The third kappa shape index (κ3) is 3.43. The number of aromatic nitrogens is 4. The lowest BCUT2D eigenvalue weighted by Crippen LogP contribution is -2.19. The Hall–Kier alpha value is -3.71. The summed E-state index contributed by atoms with van der Waals surface area (Å²) in [6, 6.07) is 3.72. The first-order chi connectivity index (χ1) is 13.7. The summed E-state index contributed by atoms with van der Waals surface area (Å²) in [5.41, 5.74) is 7.47. The molecule has 4 heterocycles. The van der Waals surface area contributed by atoms with Crippen molar-refractivity contribution in [3.05, 3.63) is 42.0 Å². The fourth-order valence-electron chi connectivity index (χ4n) is 2.94. The van der Waals surface area contributed by atoms with Crippen LogP contribution in [0.4, 0.5) is 11.5 Å². The van der Waals surface area contributed by atoms with Crippen LogP contribution in [0.5, 0.6) is 5.75 Å². The third-order valence-electron chi connectivity index (χ3n) is 4.27. The molecule has 0 unspecified atom stereocenters. The van der Waals surface area contributed by atoms with Gasteiger partial charge in [-0.25, -0.2) is 9.50 Å². The number of nitrogen functional groups attached to an aromatic ring is 1. The maximum absolute atomic E-state index is 12.9. The van der Waals surface area contributed by atoms with Crippen molar-refractivity contribution in [2.75, 3.05) is 24.3 Å². The van der Waals surface area contributed by atoms with E-state index in [9.17, 15) is 4.79 Å². The van der Waals surface area contributed by atoms with Crippen molar-refractivity contribution >= 4 is 23.1 Å². The number of pyridine rings is 1. The van der Waals surface area contributed by atoms with Gasteiger partial charge in [0.2, 0.25) is 0 Å². The molecule has 3 aromatic rings. The van der Waals surface area contributed by atoms with Gasteiger partial charge in [0.1, 0.15) is 23.1 Å². The van der Waals surface area contributed by atoms with Crippen LogP contribution in [0.1, 0.15) is 22.3 Å². The second kappa shape index (κ2) is 7.50. The maximum Gasteiger partial charge on any atom is 0.263 e. The molecule has 1 aliphatic heterocycles. The van der Waals surface area contributed by atoms with Gasteiger partial charge in [-0.05, 0) is 0 Å². The minimum Gasteiger partial charge on any atom is -0.486 e. The Morgan fingerprint density at radius 1 is 1.50 bits per heavy atom. The quantitative estimate of drug-likeness (QED) is 0.673. The van der Waals surface area contributed by atoms with E-state index in [-0.39, 0.29) is 23.9 Å². The monoisotopic (exact) mass is 379 g/mol. The van der Waals surface area contributed by atoms with Crippen LogP contribution in [0.15, 0.2) is 30.9 Å². The van der Waals surface area contributed by atoms with Crippen molar-refractivity contribution in [3.8, 4) is 11.8 Å². The summed E-state index contributed by atoms with van der Waals surface area (Å²) in [6.07, 6.45) is 7.14. The van der Waals surface area contributed by atoms with E-state index in [1.165, 1.54) is 16.9 Å². The summed E-state index contributed by atoms with van der Waals surface area (Å²) in [7, 11) is 0. The molecule has 1 atom stereocenters. The Labute approximate surface area is 159 Å². The molecule has 0 radical (unpaired) electrons. The molecule has 142 valence electrons. The normalized spacial score (nSPS) is 16.0. The molecule has 0 aliphatic carbocycles. The van der Waals surface area contributed by atoms with Crippen molar-refractivity contribution in [3.63, 3.8) is 0 Å². The van der Waals surface area contributed by atoms with E-state index < -0.39 is 5.91 Å². The van der Waals surface area contributed by atoms with Gasteiger partial charge in [0, 0.05) is 36.6 Å². The van der Waals surface area contributed by atoms with Gasteiger partial charge >= 0.3 is 0 Å². The van der Waals surface area contributed by atoms with Crippen molar-refractivity contribution < 1.29 is 14.3 Å². The van der Waals surface area contributed by atoms with E-state index in [0.29, 0.717) is 35.9 Å². The Bertz CT molecular complexity index is 1070. The van der Waals surface area contributed by atoms with Crippen LogP contribution in [0, 0.1) is 11.3 Å². The molecule has 3 N–H and O–H groups in total. The number of nitrogens with two attached hydrogens (primary N) is 1. The van der Waals surface area contributed by atoms with Gasteiger partial charge in [-0.3, -0.25) is 9.78 Å². The van der Waals surface area contributed by atoms with Crippen molar-refractivity contribution in [1.29, 1.82) is 5.26 Å². The Morgan fingerprint density at radius 3 is 3.18 bits per heavy atom. The predicted octanol–water partition coefficient (Wildman–Crippen LogP) is 1.19. The number of nitrogens with one attached hydrogen (secondary N) is 1. The van der Waals surface area contributed by atoms with Crippen LogP contribution in [0.25, 0.3) is 5.65 Å². The van der Waals surface area contributed by atoms with Crippen molar-refractivity contribution in [2.24, 2.45) is 0 Å². The number of hydrogen-bond donors (Lipinski definition) is 2. The number of ether oxygens (including phenoxy) is 2. The van der Waals surface area contributed by atoms with Crippen LogP contribution in [0.2, 0.25) is 0 Å². The zero-order valence-corrected chi connectivity index (χ0v) is 14.8. The molecule has 0 bridgehead atoms. The second-order valence-corrected chi connectivity index (χ2v) is 6.25. The molecule has 1 saturated heterocycles. The fourth-order valence-corrected chi connectivity index (χ4v) is 2.94. The molecule has 1 fully saturated rings. The number of amides is 1. The van der Waals surface area contributed by atoms with Gasteiger partial charge in [0.05, 0.1) is 31.9 Å². The summed E-state index contributed by atoms with van der Waals surface area (Å²) in [4.78, 5) is 21.1. The molecular weight excluding hydrogens is 362 g/mol. The predicted molar refractivity (Wildman–Crippen MR) is 98.8 cm³/mol. The van der Waals surface area contributed by atoms with E-state index in [4.69, 9.17) is 20.5 Å². The molecule has 0 saturated carbocycles. The third-order valence-corrected chi connectivity index (χ3v) is 4.27. The van der Waals surface area contributed by atoms with E-state index in [1.54, 1.807) is 18.5 Å². The first kappa shape index (κ1) is 17.7. The summed E-state index contributed by atoms with van der Waals surface area (Å²) >= 11 is 0.